The molecule has 1 aromatic carbocycles. The fourth-order valence-corrected chi connectivity index (χ4v) is 2.27. The highest BCUT2D eigenvalue weighted by molar-refractivity contribution is 5.73. The van der Waals surface area contributed by atoms with Gasteiger partial charge in [0.25, 0.3) is 5.69 Å². The second-order valence-corrected chi connectivity index (χ2v) is 4.09. The Balaban J connectivity index is 2.19. The molecule has 0 bridgehead atoms. The summed E-state index contributed by atoms with van der Waals surface area (Å²) in [5.41, 5.74) is 2.34. The number of fused-ring (bicyclic) bond motifs is 2. The molecule has 0 saturated heterocycles. The fraction of sp³-hybridized carbons (Fsp3) is 0.400. The van der Waals surface area contributed by atoms with Gasteiger partial charge in [-0.25, -0.2) is 0 Å². The van der Waals surface area contributed by atoms with E-state index >= 15 is 0 Å². The molecule has 0 amide bonds. The Kier molecular flexibility index (Phi) is 1.26. The quantitative estimate of drug-likeness (QED) is 0.544. The van der Waals surface area contributed by atoms with Crippen molar-refractivity contribution in [2.75, 3.05) is 11.9 Å². The highest BCUT2D eigenvalue weighted by atomic mass is 16.6. The van der Waals surface area contributed by atoms with Gasteiger partial charge in [0.15, 0.2) is 0 Å². The van der Waals surface area contributed by atoms with E-state index in [0.29, 0.717) is 0 Å². The van der Waals surface area contributed by atoms with E-state index in [1.54, 1.807) is 12.1 Å². The first-order chi connectivity index (χ1) is 6.73. The van der Waals surface area contributed by atoms with Crippen molar-refractivity contribution in [3.05, 3.63) is 33.9 Å². The summed E-state index contributed by atoms with van der Waals surface area (Å²) in [6.07, 6.45) is 2.32. The van der Waals surface area contributed by atoms with E-state index in [1.165, 1.54) is 0 Å². The first kappa shape index (κ1) is 7.79. The molecular formula is C10H10N2O2. The van der Waals surface area contributed by atoms with Crippen LogP contribution in [-0.4, -0.2) is 11.5 Å². The van der Waals surface area contributed by atoms with Crippen LogP contribution in [0.3, 0.4) is 0 Å². The van der Waals surface area contributed by atoms with E-state index in [-0.39, 0.29) is 16.0 Å². The molecule has 4 nitrogen and oxygen atoms in total. The van der Waals surface area contributed by atoms with E-state index in [2.05, 4.69) is 5.32 Å². The molecule has 1 N–H and O–H groups in total. The molecule has 3 rings (SSSR count). The van der Waals surface area contributed by atoms with Gasteiger partial charge in [0.05, 0.1) is 4.92 Å². The van der Waals surface area contributed by atoms with Crippen LogP contribution in [0.4, 0.5) is 11.4 Å². The lowest BCUT2D eigenvalue weighted by molar-refractivity contribution is -0.383. The van der Waals surface area contributed by atoms with E-state index in [4.69, 9.17) is 0 Å². The third-order valence-corrected chi connectivity index (χ3v) is 3.27. The van der Waals surface area contributed by atoms with E-state index in [9.17, 15) is 10.1 Å². The minimum absolute atomic E-state index is 0.214. The molecule has 1 spiro atoms. The molecule has 2 aliphatic rings. The van der Waals surface area contributed by atoms with Gasteiger partial charge in [-0.3, -0.25) is 10.1 Å². The van der Waals surface area contributed by atoms with Crippen LogP contribution in [0.15, 0.2) is 18.2 Å². The normalized spacial score (nSPS) is 20.3. The Morgan fingerprint density at radius 2 is 2.21 bits per heavy atom. The number of rotatable bonds is 1. The third kappa shape index (κ3) is 0.828. The highest BCUT2D eigenvalue weighted by Gasteiger charge is 2.50. The van der Waals surface area contributed by atoms with Crippen LogP contribution in [0, 0.1) is 10.1 Å². The number of nitrogens with zero attached hydrogens (tertiary/aromatic N) is 1. The average Bonchev–Trinajstić information content (AvgIpc) is 2.85. The van der Waals surface area contributed by atoms with Gasteiger partial charge in [0.2, 0.25) is 0 Å². The van der Waals surface area contributed by atoms with Crippen molar-refractivity contribution in [1.29, 1.82) is 0 Å². The van der Waals surface area contributed by atoms with Crippen molar-refractivity contribution in [2.24, 2.45) is 0 Å². The molecule has 0 radical (unpaired) electrons. The summed E-state index contributed by atoms with van der Waals surface area (Å²) >= 11 is 0. The van der Waals surface area contributed by atoms with Crippen molar-refractivity contribution >= 4 is 11.4 Å². The van der Waals surface area contributed by atoms with Crippen LogP contribution in [0.2, 0.25) is 0 Å². The van der Waals surface area contributed by atoms with Gasteiger partial charge in [-0.1, -0.05) is 12.1 Å². The number of nitro benzene ring substituents is 1. The molecule has 0 aromatic heterocycles. The number of anilines is 1. The predicted octanol–water partition coefficient (Wildman–Crippen LogP) is 2.05. The monoisotopic (exact) mass is 190 g/mol. The molecule has 1 heterocycles. The number of benzene rings is 1. The maximum absolute atomic E-state index is 10.8. The molecule has 1 aliphatic carbocycles. The van der Waals surface area contributed by atoms with Crippen molar-refractivity contribution in [1.82, 2.24) is 0 Å². The summed E-state index contributed by atoms with van der Waals surface area (Å²) < 4.78 is 0. The first-order valence-corrected chi connectivity index (χ1v) is 4.75. The van der Waals surface area contributed by atoms with Crippen molar-refractivity contribution < 1.29 is 4.92 Å². The summed E-state index contributed by atoms with van der Waals surface area (Å²) in [6.45, 7) is 0.868. The number of hydrogen-bond donors (Lipinski definition) is 1. The number of hydrogen-bond acceptors (Lipinski definition) is 3. The molecule has 4 heteroatoms. The largest absolute Gasteiger partial charge is 0.378 e. The van der Waals surface area contributed by atoms with Crippen molar-refractivity contribution in [3.8, 4) is 0 Å². The lowest BCUT2D eigenvalue weighted by Crippen LogP contribution is -2.07. The van der Waals surface area contributed by atoms with Crippen LogP contribution in [-0.2, 0) is 5.41 Å². The molecule has 1 aliphatic heterocycles. The summed E-state index contributed by atoms with van der Waals surface area (Å²) in [7, 11) is 0. The van der Waals surface area contributed by atoms with Gasteiger partial charge in [0, 0.05) is 18.0 Å². The third-order valence-electron chi connectivity index (χ3n) is 3.27. The number of nitrogens with one attached hydrogen (secondary N) is 1. The molecule has 72 valence electrons. The summed E-state index contributed by atoms with van der Waals surface area (Å²) in [6, 6.07) is 5.35. The molecular weight excluding hydrogens is 180 g/mol. The van der Waals surface area contributed by atoms with E-state index in [0.717, 1.165) is 30.6 Å². The van der Waals surface area contributed by atoms with Crippen molar-refractivity contribution in [2.45, 2.75) is 18.3 Å². The Labute approximate surface area is 81.1 Å². The minimum Gasteiger partial charge on any atom is -0.378 e. The first-order valence-electron chi connectivity index (χ1n) is 4.75. The smallest absolute Gasteiger partial charge is 0.292 e. The van der Waals surface area contributed by atoms with Gasteiger partial charge in [0.1, 0.15) is 5.69 Å². The SMILES string of the molecule is O=[N+]([O-])c1cccc2c1NCC21CC1. The van der Waals surface area contributed by atoms with Gasteiger partial charge in [-0.15, -0.1) is 0 Å². The Morgan fingerprint density at radius 1 is 1.43 bits per heavy atom. The Bertz CT molecular complexity index is 424. The lowest BCUT2D eigenvalue weighted by atomic mass is 9.98. The Morgan fingerprint density at radius 3 is 2.86 bits per heavy atom. The van der Waals surface area contributed by atoms with Gasteiger partial charge in [-0.2, -0.15) is 0 Å². The second kappa shape index (κ2) is 2.26. The molecule has 1 saturated carbocycles. The second-order valence-electron chi connectivity index (χ2n) is 4.09. The fourth-order valence-electron chi connectivity index (χ4n) is 2.27. The van der Waals surface area contributed by atoms with Crippen molar-refractivity contribution in [3.63, 3.8) is 0 Å². The zero-order chi connectivity index (χ0) is 9.76. The number of para-hydroxylation sites is 1. The van der Waals surface area contributed by atoms with Crippen LogP contribution in [0.1, 0.15) is 18.4 Å². The molecule has 14 heavy (non-hydrogen) atoms. The topological polar surface area (TPSA) is 55.2 Å². The van der Waals surface area contributed by atoms with Crippen LogP contribution in [0.5, 0.6) is 0 Å². The van der Waals surface area contributed by atoms with Gasteiger partial charge < -0.3 is 5.32 Å². The van der Waals surface area contributed by atoms with Gasteiger partial charge >= 0.3 is 0 Å². The summed E-state index contributed by atoms with van der Waals surface area (Å²) in [5.74, 6) is 0. The lowest BCUT2D eigenvalue weighted by Gasteiger charge is -2.04. The minimum atomic E-state index is -0.312. The zero-order valence-electron chi connectivity index (χ0n) is 7.62. The predicted molar refractivity (Wildman–Crippen MR) is 52.5 cm³/mol. The summed E-state index contributed by atoms with van der Waals surface area (Å²) in [4.78, 5) is 10.4. The van der Waals surface area contributed by atoms with Crippen LogP contribution in [0.25, 0.3) is 0 Å². The molecule has 1 aromatic rings. The zero-order valence-corrected chi connectivity index (χ0v) is 7.62. The van der Waals surface area contributed by atoms with E-state index in [1.807, 2.05) is 6.07 Å². The maximum Gasteiger partial charge on any atom is 0.292 e. The Hall–Kier alpha value is -1.58. The average molecular weight is 190 g/mol. The number of nitro groups is 1. The van der Waals surface area contributed by atoms with Crippen LogP contribution < -0.4 is 5.32 Å². The molecule has 1 fully saturated rings. The van der Waals surface area contributed by atoms with E-state index < -0.39 is 0 Å². The maximum atomic E-state index is 10.8. The summed E-state index contributed by atoms with van der Waals surface area (Å²) in [5, 5.41) is 13.9. The molecule has 0 atom stereocenters. The van der Waals surface area contributed by atoms with Crippen LogP contribution >= 0.6 is 0 Å². The van der Waals surface area contributed by atoms with Gasteiger partial charge in [-0.05, 0) is 18.4 Å². The highest BCUT2D eigenvalue weighted by Crippen LogP contribution is 2.55. The molecule has 0 unspecified atom stereocenters. The standard InChI is InChI=1S/C10H10N2O2/c13-12(14)8-3-1-2-7-9(8)11-6-10(7)4-5-10/h1-3,11H,4-6H2.